The molecule has 3 rings (SSSR count). The van der Waals surface area contributed by atoms with Crippen molar-refractivity contribution < 1.29 is 66.4 Å². The van der Waals surface area contributed by atoms with Crippen LogP contribution >= 0.6 is 55.8 Å². The van der Waals surface area contributed by atoms with Gasteiger partial charge in [0.25, 0.3) is 0 Å². The third-order valence-corrected chi connectivity index (χ3v) is 5.87. The monoisotopic (exact) mass is 818 g/mol. The molecule has 4 nitrogen and oxygen atoms in total. The van der Waals surface area contributed by atoms with E-state index in [9.17, 15) is 15.3 Å². The first-order valence-electron chi connectivity index (χ1n) is 11.8. The summed E-state index contributed by atoms with van der Waals surface area (Å²) in [5.74, 6) is 1.06. The Bertz CT molecular complexity index is 991. The molecule has 0 aliphatic rings. The van der Waals surface area contributed by atoms with Gasteiger partial charge in [-0.05, 0) is 91.6 Å². The van der Waals surface area contributed by atoms with Crippen LogP contribution in [0.1, 0.15) is 50.1 Å². The van der Waals surface area contributed by atoms with Crippen molar-refractivity contribution in [1.82, 2.24) is 4.90 Å². The molecule has 0 bridgehead atoms. The van der Waals surface area contributed by atoms with E-state index in [1.54, 1.807) is 0 Å². The number of rotatable bonds is 6. The van der Waals surface area contributed by atoms with E-state index in [-0.39, 0.29) is 22.3 Å². The van der Waals surface area contributed by atoms with Crippen LogP contribution in [0, 0.1) is 63.8 Å². The number of hydrogen-bond acceptors (Lipinski definition) is 4. The van der Waals surface area contributed by atoms with E-state index in [1.165, 1.54) is 0 Å². The van der Waals surface area contributed by atoms with E-state index < -0.39 is 51.1 Å². The predicted octanol–water partition coefficient (Wildman–Crippen LogP) is 11.3. The molecule has 0 aliphatic heterocycles. The van der Waals surface area contributed by atoms with Gasteiger partial charge in [0.05, 0.1) is 0 Å². The zero-order chi connectivity index (χ0) is 31.0. The van der Waals surface area contributed by atoms with Crippen LogP contribution in [0.3, 0.4) is 0 Å². The molecule has 0 heterocycles. The van der Waals surface area contributed by atoms with Crippen molar-refractivity contribution in [2.45, 2.75) is 61.2 Å². The minimum atomic E-state index is -0.556. The summed E-state index contributed by atoms with van der Waals surface area (Å²) >= 11 is -1.67. The van der Waals surface area contributed by atoms with Crippen molar-refractivity contribution in [2.24, 2.45) is 0 Å². The summed E-state index contributed by atoms with van der Waals surface area (Å²) in [7, 11) is 29.3. The van der Waals surface area contributed by atoms with Gasteiger partial charge in [-0.15, -0.1) is 0 Å². The fourth-order valence-electron chi connectivity index (χ4n) is 4.35. The standard InChI is InChI=1S/C27H33NO3.3CH3.6ClH.3Ti/c1-16-7-22(8-17(2)25(16)29)13-28(14-23-9-18(3)26(30)19(4)10-23)15-24-11-20(5)27(31)21(6)12-24;;;;;;;;;;;;/h7-12,29-31H,13-15H2,1-6H3;3*1H3;6*1H;;;/q;3*-1;;;;;;;3*+2/p-6. The topological polar surface area (TPSA) is 63.9 Å². The fraction of sp³-hybridized carbons (Fsp3) is 0.300. The van der Waals surface area contributed by atoms with Gasteiger partial charge in [-0.3, -0.25) is 4.90 Å². The molecule has 3 N–H and O–H groups in total. The van der Waals surface area contributed by atoms with E-state index in [0.717, 1.165) is 69.7 Å². The van der Waals surface area contributed by atoms with E-state index in [2.05, 4.69) is 4.90 Å². The Balaban J connectivity index is -0.000000565. The molecule has 3 aromatic carbocycles. The SMILES string of the molecule is Cc1cc(CN(Cc2cc(C)c(O)c(C)c2)Cc2cc(C)c(O)c(C)c2)cc(C)c1O.[CH3-].[CH3-].[CH3-].[Cl][Ti][Cl].[Cl][Ti][Cl].[Cl][Ti][Cl]. The Labute approximate surface area is 310 Å². The van der Waals surface area contributed by atoms with Crippen molar-refractivity contribution in [2.75, 3.05) is 0 Å². The molecule has 0 aromatic heterocycles. The Morgan fingerprint density at radius 3 is 0.721 bits per heavy atom. The molecule has 0 spiro atoms. The molecule has 43 heavy (non-hydrogen) atoms. The van der Waals surface area contributed by atoms with Gasteiger partial charge in [0.15, 0.2) is 0 Å². The zero-order valence-electron chi connectivity index (χ0n) is 26.1. The molecule has 13 heteroatoms. The van der Waals surface area contributed by atoms with E-state index in [0.29, 0.717) is 17.2 Å². The molecular formula is C30H42Cl6NO3Ti3-3. The maximum absolute atomic E-state index is 10.1. The molecule has 3 aromatic rings. The number of aryl methyl sites for hydroxylation is 6. The van der Waals surface area contributed by atoms with Gasteiger partial charge in [0, 0.05) is 19.6 Å². The van der Waals surface area contributed by atoms with Crippen LogP contribution in [0.15, 0.2) is 36.4 Å². The van der Waals surface area contributed by atoms with Crippen LogP contribution in [-0.4, -0.2) is 20.2 Å². The second-order valence-corrected chi connectivity index (χ2v) is 16.8. The van der Waals surface area contributed by atoms with Crippen LogP contribution in [0.2, 0.25) is 0 Å². The fourth-order valence-corrected chi connectivity index (χ4v) is 4.35. The van der Waals surface area contributed by atoms with E-state index in [4.69, 9.17) is 55.8 Å². The summed E-state index contributed by atoms with van der Waals surface area (Å²) in [5, 5.41) is 30.4. The first-order chi connectivity index (χ1) is 18.8. The summed E-state index contributed by atoms with van der Waals surface area (Å²) in [6.07, 6.45) is 0. The van der Waals surface area contributed by atoms with Crippen molar-refractivity contribution in [3.8, 4) is 17.2 Å². The minimum absolute atomic E-state index is 0. The van der Waals surface area contributed by atoms with Gasteiger partial charge in [-0.25, -0.2) is 0 Å². The predicted molar refractivity (Wildman–Crippen MR) is 180 cm³/mol. The molecule has 0 amide bonds. The number of benzene rings is 3. The molecule has 0 saturated heterocycles. The summed E-state index contributed by atoms with van der Waals surface area (Å²) in [4.78, 5) is 2.35. The van der Waals surface area contributed by atoms with Gasteiger partial charge in [-0.2, -0.15) is 0 Å². The number of aromatic hydroxyl groups is 3. The molecule has 0 fully saturated rings. The Kier molecular flexibility index (Phi) is 33.0. The quantitative estimate of drug-likeness (QED) is 0.171. The normalized spacial score (nSPS) is 9.14. The second kappa shape index (κ2) is 28.0. The number of halogens is 6. The first-order valence-corrected chi connectivity index (χ1v) is 24.7. The Hall–Kier alpha value is 0.903. The number of nitrogens with zero attached hydrogens (tertiary/aromatic N) is 1. The van der Waals surface area contributed by atoms with Gasteiger partial charge >= 0.3 is 107 Å². The van der Waals surface area contributed by atoms with Gasteiger partial charge in [-0.1, -0.05) is 36.4 Å². The Morgan fingerprint density at radius 2 is 0.581 bits per heavy atom. The molecule has 0 unspecified atom stereocenters. The Morgan fingerprint density at radius 1 is 0.442 bits per heavy atom. The van der Waals surface area contributed by atoms with E-state index >= 15 is 0 Å². The van der Waals surface area contributed by atoms with Crippen LogP contribution in [-0.2, 0) is 70.7 Å². The summed E-state index contributed by atoms with van der Waals surface area (Å²) < 4.78 is 0. The second-order valence-electron chi connectivity index (χ2n) is 9.09. The summed E-state index contributed by atoms with van der Waals surface area (Å²) in [5.41, 5.74) is 8.70. The van der Waals surface area contributed by atoms with Crippen LogP contribution in [0.4, 0.5) is 0 Å². The third-order valence-electron chi connectivity index (χ3n) is 5.87. The summed E-state index contributed by atoms with van der Waals surface area (Å²) in [6.45, 7) is 13.7. The van der Waals surface area contributed by atoms with Crippen LogP contribution < -0.4 is 0 Å². The van der Waals surface area contributed by atoms with Crippen molar-refractivity contribution in [3.63, 3.8) is 0 Å². The molecule has 0 saturated carbocycles. The molecular weight excluding hydrogens is 779 g/mol. The number of phenols is 3. The van der Waals surface area contributed by atoms with Crippen molar-refractivity contribution >= 4 is 55.8 Å². The maximum atomic E-state index is 10.1. The van der Waals surface area contributed by atoms with E-state index in [1.807, 2.05) is 77.9 Å². The van der Waals surface area contributed by atoms with Crippen molar-refractivity contribution in [3.05, 3.63) is 109 Å². The number of phenolic OH excluding ortho intramolecular Hbond substituents is 3. The molecule has 0 aliphatic carbocycles. The van der Waals surface area contributed by atoms with Gasteiger partial charge in [0.2, 0.25) is 0 Å². The summed E-state index contributed by atoms with van der Waals surface area (Å²) in [6, 6.07) is 12.2. The van der Waals surface area contributed by atoms with Gasteiger partial charge in [0.1, 0.15) is 17.2 Å². The number of hydrogen-bond donors (Lipinski definition) is 3. The van der Waals surface area contributed by atoms with Crippen LogP contribution in [0.25, 0.3) is 0 Å². The average Bonchev–Trinajstić information content (AvgIpc) is 2.85. The molecule has 0 atom stereocenters. The third kappa shape index (κ3) is 19.4. The molecule has 0 radical (unpaired) electrons. The first kappa shape index (κ1) is 50.8. The van der Waals surface area contributed by atoms with Crippen LogP contribution in [0.5, 0.6) is 17.2 Å². The zero-order valence-corrected chi connectivity index (χ0v) is 35.4. The molecule has 242 valence electrons. The average molecular weight is 821 g/mol. The van der Waals surface area contributed by atoms with Gasteiger partial charge < -0.3 is 37.6 Å². The van der Waals surface area contributed by atoms with Crippen molar-refractivity contribution in [1.29, 1.82) is 0 Å².